The number of aliphatic hydroxyl groups is 2. The third kappa shape index (κ3) is 6.97. The van der Waals surface area contributed by atoms with E-state index >= 15 is 0 Å². The van der Waals surface area contributed by atoms with Gasteiger partial charge in [-0.15, -0.1) is 0 Å². The Morgan fingerprint density at radius 2 is 1.57 bits per heavy atom. The Hall–Kier alpha value is -0.980. The van der Waals surface area contributed by atoms with E-state index in [9.17, 15) is 10.2 Å². The Labute approximate surface area is 140 Å². The zero-order valence-corrected chi connectivity index (χ0v) is 14.4. The van der Waals surface area contributed by atoms with Crippen LogP contribution in [0.3, 0.4) is 0 Å². The molecule has 23 heavy (non-hydrogen) atoms. The molecule has 5 heteroatoms. The molecule has 0 unspecified atom stereocenters. The van der Waals surface area contributed by atoms with Crippen LogP contribution in [0.1, 0.15) is 12.5 Å². The molecule has 0 aromatic heterocycles. The van der Waals surface area contributed by atoms with E-state index in [1.807, 2.05) is 25.1 Å². The van der Waals surface area contributed by atoms with Crippen molar-refractivity contribution in [2.75, 3.05) is 52.9 Å². The maximum Gasteiger partial charge on any atom is 0.0793 e. The predicted octanol–water partition coefficient (Wildman–Crippen LogP) is 0.478. The van der Waals surface area contributed by atoms with Crippen molar-refractivity contribution < 1.29 is 10.2 Å². The molecule has 5 nitrogen and oxygen atoms in total. The second-order valence-corrected chi connectivity index (χ2v) is 6.79. The number of hydrogen-bond donors (Lipinski definition) is 2. The van der Waals surface area contributed by atoms with Crippen LogP contribution in [-0.4, -0.2) is 90.0 Å². The van der Waals surface area contributed by atoms with Crippen LogP contribution in [0.4, 0.5) is 0 Å². The summed E-state index contributed by atoms with van der Waals surface area (Å²) in [6, 6.07) is 10.3. The van der Waals surface area contributed by atoms with Crippen molar-refractivity contribution >= 4 is 0 Å². The van der Waals surface area contributed by atoms with Crippen molar-refractivity contribution in [1.29, 1.82) is 0 Å². The lowest BCUT2D eigenvalue weighted by Gasteiger charge is -2.36. The van der Waals surface area contributed by atoms with Crippen LogP contribution >= 0.6 is 0 Å². The van der Waals surface area contributed by atoms with E-state index in [0.29, 0.717) is 6.54 Å². The minimum absolute atomic E-state index is 0.265. The molecule has 2 atom stereocenters. The van der Waals surface area contributed by atoms with E-state index in [4.69, 9.17) is 0 Å². The molecule has 130 valence electrons. The van der Waals surface area contributed by atoms with E-state index < -0.39 is 0 Å². The number of likely N-dealkylation sites (N-methyl/N-ethyl adjacent to an activating group) is 1. The first-order valence-corrected chi connectivity index (χ1v) is 8.56. The normalized spacial score (nSPS) is 19.9. The van der Waals surface area contributed by atoms with Crippen molar-refractivity contribution in [3.63, 3.8) is 0 Å². The van der Waals surface area contributed by atoms with Crippen LogP contribution < -0.4 is 0 Å². The molecule has 0 saturated carbocycles. The van der Waals surface area contributed by atoms with E-state index in [-0.39, 0.29) is 12.2 Å². The Bertz CT molecular complexity index is 433. The summed E-state index contributed by atoms with van der Waals surface area (Å²) >= 11 is 0. The van der Waals surface area contributed by atoms with Gasteiger partial charge in [-0.25, -0.2) is 0 Å². The zero-order chi connectivity index (χ0) is 16.7. The summed E-state index contributed by atoms with van der Waals surface area (Å²) in [5.74, 6) is 0. The van der Waals surface area contributed by atoms with Gasteiger partial charge in [-0.05, 0) is 19.5 Å². The average molecular weight is 321 g/mol. The smallest absolute Gasteiger partial charge is 0.0793 e. The topological polar surface area (TPSA) is 50.2 Å². The number of aliphatic hydroxyl groups excluding tert-OH is 2. The van der Waals surface area contributed by atoms with Gasteiger partial charge in [-0.3, -0.25) is 14.7 Å². The molecule has 2 rings (SSSR count). The van der Waals surface area contributed by atoms with Crippen LogP contribution in [0.15, 0.2) is 30.3 Å². The summed E-state index contributed by atoms with van der Waals surface area (Å²) in [6.45, 7) is 8.71. The number of β-amino-alcohol motifs (C(OH)–C–C–N with tert-alkyl or cyclic N) is 2. The molecule has 0 aliphatic carbocycles. The molecular formula is C18H31N3O2. The number of hydrogen-bond acceptors (Lipinski definition) is 5. The fraction of sp³-hybridized carbons (Fsp3) is 0.667. The summed E-state index contributed by atoms with van der Waals surface area (Å²) in [5.41, 5.74) is 1.27. The van der Waals surface area contributed by atoms with Crippen LogP contribution in [0, 0.1) is 0 Å². The second-order valence-electron chi connectivity index (χ2n) is 6.79. The van der Waals surface area contributed by atoms with Crippen LogP contribution in [0.25, 0.3) is 0 Å². The first-order valence-electron chi connectivity index (χ1n) is 8.56. The highest BCUT2D eigenvalue weighted by molar-refractivity contribution is 5.14. The monoisotopic (exact) mass is 321 g/mol. The number of benzene rings is 1. The van der Waals surface area contributed by atoms with Crippen molar-refractivity contribution in [1.82, 2.24) is 14.7 Å². The van der Waals surface area contributed by atoms with Gasteiger partial charge in [0.05, 0.1) is 12.2 Å². The van der Waals surface area contributed by atoms with Crippen molar-refractivity contribution in [3.8, 4) is 0 Å². The van der Waals surface area contributed by atoms with Gasteiger partial charge >= 0.3 is 0 Å². The quantitative estimate of drug-likeness (QED) is 0.729. The lowest BCUT2D eigenvalue weighted by Crippen LogP contribution is -2.50. The SMILES string of the molecule is C[C@H](O)CN1CCN(C[C@@H](O)CN(C)Cc2ccccc2)CC1. The fourth-order valence-corrected chi connectivity index (χ4v) is 3.20. The first kappa shape index (κ1) is 18.4. The van der Waals surface area contributed by atoms with Gasteiger partial charge in [-0.1, -0.05) is 30.3 Å². The molecule has 1 fully saturated rings. The highest BCUT2D eigenvalue weighted by Gasteiger charge is 2.20. The van der Waals surface area contributed by atoms with Crippen molar-refractivity contribution in [2.45, 2.75) is 25.7 Å². The van der Waals surface area contributed by atoms with Gasteiger partial charge < -0.3 is 10.2 Å². The highest BCUT2D eigenvalue weighted by Crippen LogP contribution is 2.06. The average Bonchev–Trinajstić information content (AvgIpc) is 2.49. The van der Waals surface area contributed by atoms with Gasteiger partial charge in [0.2, 0.25) is 0 Å². The maximum atomic E-state index is 10.3. The Kier molecular flexibility index (Phi) is 7.46. The van der Waals surface area contributed by atoms with E-state index in [0.717, 1.165) is 45.8 Å². The molecule has 2 N–H and O–H groups in total. The van der Waals surface area contributed by atoms with E-state index in [1.165, 1.54) is 5.56 Å². The molecular weight excluding hydrogens is 290 g/mol. The van der Waals surface area contributed by atoms with Gasteiger partial charge in [-0.2, -0.15) is 0 Å². The molecule has 1 aliphatic rings. The maximum absolute atomic E-state index is 10.3. The third-order valence-corrected chi connectivity index (χ3v) is 4.27. The van der Waals surface area contributed by atoms with Gasteiger partial charge in [0.15, 0.2) is 0 Å². The van der Waals surface area contributed by atoms with E-state index in [2.05, 4.69) is 33.9 Å². The highest BCUT2D eigenvalue weighted by atomic mass is 16.3. The van der Waals surface area contributed by atoms with Crippen LogP contribution in [0.5, 0.6) is 0 Å². The Morgan fingerprint density at radius 3 is 2.13 bits per heavy atom. The fourth-order valence-electron chi connectivity index (χ4n) is 3.20. The summed E-state index contributed by atoms with van der Waals surface area (Å²) in [5, 5.41) is 19.8. The summed E-state index contributed by atoms with van der Waals surface area (Å²) < 4.78 is 0. The molecule has 0 bridgehead atoms. The molecule has 1 aromatic carbocycles. The molecule has 0 spiro atoms. The third-order valence-electron chi connectivity index (χ3n) is 4.27. The lowest BCUT2D eigenvalue weighted by atomic mass is 10.2. The molecule has 0 radical (unpaired) electrons. The van der Waals surface area contributed by atoms with E-state index in [1.54, 1.807) is 0 Å². The standard InChI is InChI=1S/C18H31N3O2/c1-16(22)12-20-8-10-21(11-9-20)15-18(23)14-19(2)13-17-6-4-3-5-7-17/h3-7,16,18,22-23H,8-15H2,1-2H3/t16-,18-/m0/s1. The molecule has 1 aliphatic heterocycles. The van der Waals surface area contributed by atoms with Gasteiger partial charge in [0.1, 0.15) is 0 Å². The van der Waals surface area contributed by atoms with Crippen molar-refractivity contribution in [2.24, 2.45) is 0 Å². The molecule has 1 aromatic rings. The number of nitrogens with zero attached hydrogens (tertiary/aromatic N) is 3. The lowest BCUT2D eigenvalue weighted by molar-refractivity contribution is 0.0415. The predicted molar refractivity (Wildman–Crippen MR) is 93.3 cm³/mol. The Morgan fingerprint density at radius 1 is 1.00 bits per heavy atom. The largest absolute Gasteiger partial charge is 0.392 e. The number of rotatable bonds is 8. The summed E-state index contributed by atoms with van der Waals surface area (Å²) in [6.07, 6.45) is -0.592. The van der Waals surface area contributed by atoms with Crippen LogP contribution in [-0.2, 0) is 6.54 Å². The first-order chi connectivity index (χ1) is 11.0. The van der Waals surface area contributed by atoms with Gasteiger partial charge in [0.25, 0.3) is 0 Å². The van der Waals surface area contributed by atoms with Crippen molar-refractivity contribution in [3.05, 3.63) is 35.9 Å². The molecule has 0 amide bonds. The molecule has 1 heterocycles. The second kappa shape index (κ2) is 9.35. The van der Waals surface area contributed by atoms with Crippen LogP contribution in [0.2, 0.25) is 0 Å². The minimum atomic E-state index is -0.327. The minimum Gasteiger partial charge on any atom is -0.392 e. The zero-order valence-electron chi connectivity index (χ0n) is 14.4. The summed E-state index contributed by atoms with van der Waals surface area (Å²) in [4.78, 5) is 6.78. The molecule has 1 saturated heterocycles. The Balaban J connectivity index is 1.66. The summed E-state index contributed by atoms with van der Waals surface area (Å²) in [7, 11) is 2.05. The number of piperazine rings is 1. The van der Waals surface area contributed by atoms with Gasteiger partial charge in [0, 0.05) is 52.4 Å².